The molecule has 2 aromatic heterocycles. The molecule has 0 aliphatic heterocycles. The van der Waals surface area contributed by atoms with Crippen molar-refractivity contribution in [3.05, 3.63) is 27.1 Å². The minimum atomic E-state index is -0.617. The Labute approximate surface area is 75.3 Å². The number of aromatic amines is 1. The molecule has 0 atom stereocenters. The number of imidazole rings is 1. The van der Waals surface area contributed by atoms with Crippen LogP contribution in [0.25, 0.3) is 11.2 Å². The van der Waals surface area contributed by atoms with Gasteiger partial charge in [-0.1, -0.05) is 0 Å². The summed E-state index contributed by atoms with van der Waals surface area (Å²) in [4.78, 5) is 29.3. The number of fused-ring (bicyclic) bond motifs is 1. The molecule has 0 unspecified atom stereocenters. The molecule has 0 aliphatic rings. The van der Waals surface area contributed by atoms with E-state index in [9.17, 15) is 9.59 Å². The Balaban J connectivity index is 3.09. The van der Waals surface area contributed by atoms with E-state index in [0.717, 1.165) is 9.13 Å². The van der Waals surface area contributed by atoms with Crippen LogP contribution in [-0.4, -0.2) is 19.1 Å². The highest BCUT2D eigenvalue weighted by molar-refractivity contribution is 5.68. The van der Waals surface area contributed by atoms with Gasteiger partial charge in [-0.3, -0.25) is 13.9 Å². The summed E-state index contributed by atoms with van der Waals surface area (Å²) in [5.41, 5.74) is -1.00. The van der Waals surface area contributed by atoms with E-state index in [1.807, 2.05) is 0 Å². The van der Waals surface area contributed by atoms with Crippen molar-refractivity contribution < 1.29 is 2.74 Å². The first-order valence-electron chi connectivity index (χ1n) is 4.72. The molecule has 6 heteroatoms. The van der Waals surface area contributed by atoms with Gasteiger partial charge < -0.3 is 4.98 Å². The van der Waals surface area contributed by atoms with Crippen LogP contribution < -0.4 is 11.2 Å². The highest BCUT2D eigenvalue weighted by atomic mass is 16.2. The Morgan fingerprint density at radius 1 is 1.62 bits per heavy atom. The van der Waals surface area contributed by atoms with E-state index in [1.54, 1.807) is 0 Å². The fraction of sp³-hybridized carbons (Fsp3) is 0.286. The van der Waals surface area contributed by atoms with Gasteiger partial charge in [-0.15, -0.1) is 0 Å². The maximum absolute atomic E-state index is 11.6. The molecular formula is C7H8N4O2. The van der Waals surface area contributed by atoms with Crippen molar-refractivity contribution in [1.82, 2.24) is 19.1 Å². The quantitative estimate of drug-likeness (QED) is 0.565. The number of nitrogens with one attached hydrogen (secondary N) is 1. The van der Waals surface area contributed by atoms with Crippen molar-refractivity contribution >= 4 is 11.2 Å². The Morgan fingerprint density at radius 3 is 3.08 bits per heavy atom. The van der Waals surface area contributed by atoms with Crippen LogP contribution in [-0.2, 0) is 14.1 Å². The zero-order valence-electron chi connectivity index (χ0n) is 8.87. The number of nitrogens with zero attached hydrogens (tertiary/aromatic N) is 3. The second-order valence-corrected chi connectivity index (χ2v) is 2.62. The summed E-state index contributed by atoms with van der Waals surface area (Å²) in [6, 6.07) is 0. The van der Waals surface area contributed by atoms with Gasteiger partial charge in [0.25, 0.3) is 5.56 Å². The second-order valence-electron chi connectivity index (χ2n) is 2.62. The van der Waals surface area contributed by atoms with E-state index in [4.69, 9.17) is 2.74 Å². The van der Waals surface area contributed by atoms with Gasteiger partial charge in [-0.2, -0.15) is 0 Å². The van der Waals surface area contributed by atoms with Gasteiger partial charge in [0.15, 0.2) is 5.65 Å². The molecule has 2 rings (SSSR count). The lowest BCUT2D eigenvalue weighted by Crippen LogP contribution is -2.36. The molecule has 0 aliphatic carbocycles. The molecule has 1 N–H and O–H groups in total. The highest BCUT2D eigenvalue weighted by Crippen LogP contribution is 1.97. The maximum Gasteiger partial charge on any atom is 0.332 e. The maximum atomic E-state index is 11.6. The fourth-order valence-corrected chi connectivity index (χ4v) is 1.13. The molecule has 0 spiro atoms. The topological polar surface area (TPSA) is 72.7 Å². The summed E-state index contributed by atoms with van der Waals surface area (Å²) in [5.74, 6) is 0. The van der Waals surface area contributed by atoms with Crippen molar-refractivity contribution in [2.24, 2.45) is 14.1 Å². The van der Waals surface area contributed by atoms with Crippen LogP contribution in [0, 0.1) is 0 Å². The lowest BCUT2D eigenvalue weighted by Gasteiger charge is -2.00. The normalized spacial score (nSPS) is 13.0. The van der Waals surface area contributed by atoms with Crippen molar-refractivity contribution in [3.8, 4) is 0 Å². The largest absolute Gasteiger partial charge is 0.339 e. The van der Waals surface area contributed by atoms with Crippen molar-refractivity contribution in [2.45, 2.75) is 0 Å². The SMILES string of the molecule is [2H]Cn1c(=O)c2[nH]c([2H])nc2n(C)c1=O. The van der Waals surface area contributed by atoms with Crippen LogP contribution in [0.5, 0.6) is 0 Å². The Bertz CT molecular complexity index is 639. The number of hydrogen-bond acceptors (Lipinski definition) is 3. The van der Waals surface area contributed by atoms with Gasteiger partial charge in [-0.05, 0) is 0 Å². The number of aromatic nitrogens is 4. The molecule has 2 heterocycles. The summed E-state index contributed by atoms with van der Waals surface area (Å²) >= 11 is 0. The zero-order chi connectivity index (χ0) is 11.2. The molecule has 0 saturated heterocycles. The average Bonchev–Trinajstić information content (AvgIpc) is 2.58. The minimum Gasteiger partial charge on any atom is -0.339 e. The van der Waals surface area contributed by atoms with E-state index in [1.165, 1.54) is 7.05 Å². The summed E-state index contributed by atoms with van der Waals surface area (Å²) in [7, 11) is 0.990. The van der Waals surface area contributed by atoms with Crippen molar-refractivity contribution in [2.75, 3.05) is 0 Å². The second kappa shape index (κ2) is 2.32. The number of rotatable bonds is 0. The first kappa shape index (κ1) is 5.74. The van der Waals surface area contributed by atoms with Crippen LogP contribution >= 0.6 is 0 Å². The van der Waals surface area contributed by atoms with E-state index in [-0.39, 0.29) is 17.5 Å². The molecule has 0 saturated carbocycles. The molecule has 68 valence electrons. The third kappa shape index (κ3) is 0.851. The molecule has 0 bridgehead atoms. The third-order valence-electron chi connectivity index (χ3n) is 1.86. The van der Waals surface area contributed by atoms with Crippen LogP contribution in [0.15, 0.2) is 15.9 Å². The average molecular weight is 182 g/mol. The Hall–Kier alpha value is -1.85. The number of hydrogen-bond donors (Lipinski definition) is 1. The molecule has 0 aromatic carbocycles. The van der Waals surface area contributed by atoms with E-state index < -0.39 is 18.3 Å². The van der Waals surface area contributed by atoms with Crippen LogP contribution in [0.2, 0.25) is 0 Å². The van der Waals surface area contributed by atoms with Crippen LogP contribution in [0.4, 0.5) is 0 Å². The van der Waals surface area contributed by atoms with Gasteiger partial charge in [-0.25, -0.2) is 9.78 Å². The molecule has 6 nitrogen and oxygen atoms in total. The van der Waals surface area contributed by atoms with E-state index in [2.05, 4.69) is 9.97 Å². The fourth-order valence-electron chi connectivity index (χ4n) is 1.13. The number of aryl methyl sites for hydroxylation is 1. The summed E-state index contributed by atoms with van der Waals surface area (Å²) in [6.07, 6.45) is -0.181. The zero-order valence-corrected chi connectivity index (χ0v) is 6.87. The molecule has 13 heavy (non-hydrogen) atoms. The van der Waals surface area contributed by atoms with E-state index in [0.29, 0.717) is 0 Å². The van der Waals surface area contributed by atoms with Crippen LogP contribution in [0.1, 0.15) is 2.74 Å². The molecule has 0 radical (unpaired) electrons. The first-order chi connectivity index (χ1) is 7.06. The standard InChI is InChI=1S/C7H8N4O2/c1-10-5-4(8-3-9-5)6(12)11(2)7(10)13/h3H,1-2H3,(H,8,9)/i2D,3D. The Morgan fingerprint density at radius 2 is 2.38 bits per heavy atom. The predicted molar refractivity (Wildman–Crippen MR) is 46.6 cm³/mol. The van der Waals surface area contributed by atoms with Gasteiger partial charge in [0.1, 0.15) is 6.89 Å². The smallest absolute Gasteiger partial charge is 0.332 e. The van der Waals surface area contributed by atoms with Crippen molar-refractivity contribution in [3.63, 3.8) is 0 Å². The van der Waals surface area contributed by atoms with Gasteiger partial charge in [0, 0.05) is 15.4 Å². The summed E-state index contributed by atoms with van der Waals surface area (Å²) in [5, 5.41) is 0. The molecule has 0 amide bonds. The van der Waals surface area contributed by atoms with Gasteiger partial charge >= 0.3 is 5.69 Å². The van der Waals surface area contributed by atoms with Crippen molar-refractivity contribution in [1.29, 1.82) is 0 Å². The molecular weight excluding hydrogens is 172 g/mol. The highest BCUT2D eigenvalue weighted by Gasteiger charge is 2.08. The van der Waals surface area contributed by atoms with Gasteiger partial charge in [0.05, 0.1) is 6.30 Å². The summed E-state index contributed by atoms with van der Waals surface area (Å²) < 4.78 is 16.2. The lowest BCUT2D eigenvalue weighted by molar-refractivity contribution is 0.709. The Kier molecular flexibility index (Phi) is 1.02. The number of H-pyrrole nitrogens is 1. The van der Waals surface area contributed by atoms with Crippen LogP contribution in [0.3, 0.4) is 0 Å². The molecule has 2 aromatic rings. The molecule has 0 fully saturated rings. The third-order valence-corrected chi connectivity index (χ3v) is 1.86. The first-order valence-corrected chi connectivity index (χ1v) is 3.51. The predicted octanol–water partition coefficient (Wildman–Crippen LogP) is -1.04. The summed E-state index contributed by atoms with van der Waals surface area (Å²) in [6.45, 7) is 0. The lowest BCUT2D eigenvalue weighted by atomic mass is 10.5. The minimum absolute atomic E-state index is 0.0781. The monoisotopic (exact) mass is 182 g/mol. The van der Waals surface area contributed by atoms with Gasteiger partial charge in [0.2, 0.25) is 0 Å². The van der Waals surface area contributed by atoms with E-state index >= 15 is 0 Å².